The Bertz CT molecular complexity index is 1370. The molecular formula is C30H33N3O4. The van der Waals surface area contributed by atoms with E-state index in [2.05, 4.69) is 27.7 Å². The van der Waals surface area contributed by atoms with E-state index in [9.17, 15) is 4.79 Å². The monoisotopic (exact) mass is 499 g/mol. The SMILES string of the molecule is COc1ccc(CN2CCN(C(=O)c3cn(Cc4ccccc4)c4ccccc34)CC2)c(OC)c1OC. The van der Waals surface area contributed by atoms with E-state index < -0.39 is 0 Å². The van der Waals surface area contributed by atoms with Crippen molar-refractivity contribution in [2.75, 3.05) is 47.5 Å². The average molecular weight is 500 g/mol. The van der Waals surface area contributed by atoms with Gasteiger partial charge in [-0.3, -0.25) is 9.69 Å². The molecule has 0 N–H and O–H groups in total. The highest BCUT2D eigenvalue weighted by Gasteiger charge is 2.26. The predicted octanol–water partition coefficient (Wildman–Crippen LogP) is 4.67. The number of hydrogen-bond donors (Lipinski definition) is 0. The van der Waals surface area contributed by atoms with Crippen molar-refractivity contribution in [1.29, 1.82) is 0 Å². The third kappa shape index (κ3) is 5.00. The maximum absolute atomic E-state index is 13.6. The Labute approximate surface area is 217 Å². The molecule has 4 aromatic rings. The summed E-state index contributed by atoms with van der Waals surface area (Å²) in [7, 11) is 4.88. The van der Waals surface area contributed by atoms with Crippen LogP contribution in [-0.4, -0.2) is 67.8 Å². The fraction of sp³-hybridized carbons (Fsp3) is 0.300. The fourth-order valence-electron chi connectivity index (χ4n) is 5.14. The Morgan fingerprint density at radius 1 is 0.757 bits per heavy atom. The molecule has 2 heterocycles. The summed E-state index contributed by atoms with van der Waals surface area (Å²) >= 11 is 0. The third-order valence-corrected chi connectivity index (χ3v) is 7.05. The van der Waals surface area contributed by atoms with Gasteiger partial charge in [-0.1, -0.05) is 54.6 Å². The number of para-hydroxylation sites is 1. The molecule has 37 heavy (non-hydrogen) atoms. The summed E-state index contributed by atoms with van der Waals surface area (Å²) in [5.41, 5.74) is 4.08. The molecule has 1 aromatic heterocycles. The number of nitrogens with zero attached hydrogens (tertiary/aromatic N) is 3. The number of carbonyl (C=O) groups excluding carboxylic acids is 1. The highest BCUT2D eigenvalue weighted by atomic mass is 16.5. The van der Waals surface area contributed by atoms with Crippen molar-refractivity contribution < 1.29 is 19.0 Å². The number of aromatic nitrogens is 1. The van der Waals surface area contributed by atoms with Crippen molar-refractivity contribution in [3.63, 3.8) is 0 Å². The average Bonchev–Trinajstić information content (AvgIpc) is 3.31. The summed E-state index contributed by atoms with van der Waals surface area (Å²) < 4.78 is 18.8. The lowest BCUT2D eigenvalue weighted by molar-refractivity contribution is 0.0629. The number of piperazine rings is 1. The van der Waals surface area contributed by atoms with E-state index >= 15 is 0 Å². The van der Waals surface area contributed by atoms with Gasteiger partial charge in [0.15, 0.2) is 11.5 Å². The van der Waals surface area contributed by atoms with Crippen LogP contribution in [0.1, 0.15) is 21.5 Å². The quantitative estimate of drug-likeness (QED) is 0.353. The molecule has 0 spiro atoms. The van der Waals surface area contributed by atoms with Crippen molar-refractivity contribution in [1.82, 2.24) is 14.4 Å². The zero-order valence-corrected chi connectivity index (χ0v) is 21.6. The molecular weight excluding hydrogens is 466 g/mol. The summed E-state index contributed by atoms with van der Waals surface area (Å²) in [5.74, 6) is 2.02. The van der Waals surface area contributed by atoms with Crippen LogP contribution in [0.15, 0.2) is 72.9 Å². The first-order valence-corrected chi connectivity index (χ1v) is 12.5. The standard InChI is InChI=1S/C30H33N3O4/c1-35-27-14-13-23(28(36-2)29(27)37-3)20-31-15-17-32(18-16-31)30(34)25-21-33(19-22-9-5-4-6-10-22)26-12-8-7-11-24(25)26/h4-14,21H,15-20H2,1-3H3. The van der Waals surface area contributed by atoms with Crippen LogP contribution in [0.5, 0.6) is 17.2 Å². The summed E-state index contributed by atoms with van der Waals surface area (Å²) in [6, 6.07) is 22.4. The van der Waals surface area contributed by atoms with E-state index in [0.717, 1.165) is 41.7 Å². The topological polar surface area (TPSA) is 56.2 Å². The molecule has 1 aliphatic rings. The van der Waals surface area contributed by atoms with Gasteiger partial charge in [0.05, 0.1) is 26.9 Å². The van der Waals surface area contributed by atoms with Gasteiger partial charge in [0.25, 0.3) is 5.91 Å². The van der Waals surface area contributed by atoms with Crippen LogP contribution >= 0.6 is 0 Å². The molecule has 0 atom stereocenters. The smallest absolute Gasteiger partial charge is 0.256 e. The largest absolute Gasteiger partial charge is 0.493 e. The third-order valence-electron chi connectivity index (χ3n) is 7.05. The first-order valence-electron chi connectivity index (χ1n) is 12.5. The zero-order valence-electron chi connectivity index (χ0n) is 21.6. The van der Waals surface area contributed by atoms with Gasteiger partial charge < -0.3 is 23.7 Å². The Kier molecular flexibility index (Phi) is 7.32. The molecule has 1 amide bonds. The summed E-state index contributed by atoms with van der Waals surface area (Å²) in [4.78, 5) is 18.0. The lowest BCUT2D eigenvalue weighted by Crippen LogP contribution is -2.48. The Morgan fingerprint density at radius 2 is 1.46 bits per heavy atom. The first-order chi connectivity index (χ1) is 18.1. The molecule has 0 saturated carbocycles. The van der Waals surface area contributed by atoms with Crippen molar-refractivity contribution in [3.8, 4) is 17.2 Å². The molecule has 0 radical (unpaired) electrons. The van der Waals surface area contributed by atoms with Crippen molar-refractivity contribution in [2.45, 2.75) is 13.1 Å². The summed E-state index contributed by atoms with van der Waals surface area (Å²) in [6.45, 7) is 4.36. The second-order valence-corrected chi connectivity index (χ2v) is 9.24. The Morgan fingerprint density at radius 3 is 2.16 bits per heavy atom. The number of amides is 1. The van der Waals surface area contributed by atoms with Gasteiger partial charge in [-0.2, -0.15) is 0 Å². The van der Waals surface area contributed by atoms with E-state index in [-0.39, 0.29) is 5.91 Å². The van der Waals surface area contributed by atoms with Crippen LogP contribution in [0.3, 0.4) is 0 Å². The van der Waals surface area contributed by atoms with Crippen molar-refractivity contribution >= 4 is 16.8 Å². The van der Waals surface area contributed by atoms with Crippen LogP contribution in [0, 0.1) is 0 Å². The minimum absolute atomic E-state index is 0.0892. The maximum atomic E-state index is 13.6. The van der Waals surface area contributed by atoms with Crippen LogP contribution in [0.4, 0.5) is 0 Å². The lowest BCUT2D eigenvalue weighted by atomic mass is 10.1. The molecule has 1 saturated heterocycles. The highest BCUT2D eigenvalue weighted by Crippen LogP contribution is 2.40. The maximum Gasteiger partial charge on any atom is 0.256 e. The number of methoxy groups -OCH3 is 3. The van der Waals surface area contributed by atoms with Gasteiger partial charge in [-0.25, -0.2) is 0 Å². The zero-order chi connectivity index (χ0) is 25.8. The summed E-state index contributed by atoms with van der Waals surface area (Å²) in [5, 5.41) is 1.00. The van der Waals surface area contributed by atoms with Crippen LogP contribution in [-0.2, 0) is 13.1 Å². The number of hydrogen-bond acceptors (Lipinski definition) is 5. The number of ether oxygens (including phenoxy) is 3. The van der Waals surface area contributed by atoms with Crippen molar-refractivity contribution in [2.24, 2.45) is 0 Å². The van der Waals surface area contributed by atoms with Gasteiger partial charge in [-0.05, 0) is 17.7 Å². The molecule has 1 fully saturated rings. The molecule has 5 rings (SSSR count). The normalized spacial score (nSPS) is 14.1. The van der Waals surface area contributed by atoms with E-state index in [1.807, 2.05) is 59.6 Å². The Balaban J connectivity index is 1.30. The second kappa shape index (κ2) is 11.0. The number of rotatable bonds is 8. The van der Waals surface area contributed by atoms with Gasteiger partial charge in [0.2, 0.25) is 5.75 Å². The van der Waals surface area contributed by atoms with Gasteiger partial charge in [-0.15, -0.1) is 0 Å². The Hall–Kier alpha value is -3.97. The molecule has 3 aromatic carbocycles. The van der Waals surface area contributed by atoms with E-state index in [0.29, 0.717) is 36.9 Å². The van der Waals surface area contributed by atoms with Crippen LogP contribution in [0.2, 0.25) is 0 Å². The molecule has 7 heteroatoms. The molecule has 192 valence electrons. The molecule has 0 aliphatic carbocycles. The van der Waals surface area contributed by atoms with Crippen LogP contribution in [0.25, 0.3) is 10.9 Å². The molecule has 1 aliphatic heterocycles. The van der Waals surface area contributed by atoms with Crippen molar-refractivity contribution in [3.05, 3.63) is 89.6 Å². The van der Waals surface area contributed by atoms with Crippen LogP contribution < -0.4 is 14.2 Å². The number of fused-ring (bicyclic) bond motifs is 1. The first kappa shape index (κ1) is 24.7. The fourth-order valence-corrected chi connectivity index (χ4v) is 5.14. The molecule has 0 bridgehead atoms. The van der Waals surface area contributed by atoms with Gasteiger partial charge >= 0.3 is 0 Å². The van der Waals surface area contributed by atoms with Gasteiger partial charge in [0, 0.05) is 61.9 Å². The minimum Gasteiger partial charge on any atom is -0.493 e. The molecule has 0 unspecified atom stereocenters. The lowest BCUT2D eigenvalue weighted by Gasteiger charge is -2.35. The minimum atomic E-state index is 0.0892. The van der Waals surface area contributed by atoms with E-state index in [1.165, 1.54) is 5.56 Å². The predicted molar refractivity (Wildman–Crippen MR) is 145 cm³/mol. The van der Waals surface area contributed by atoms with Gasteiger partial charge in [0.1, 0.15) is 0 Å². The highest BCUT2D eigenvalue weighted by molar-refractivity contribution is 6.07. The summed E-state index contributed by atoms with van der Waals surface area (Å²) in [6.07, 6.45) is 2.01. The number of benzene rings is 3. The number of carbonyl (C=O) groups is 1. The molecule has 7 nitrogen and oxygen atoms in total. The van der Waals surface area contributed by atoms with E-state index in [4.69, 9.17) is 14.2 Å². The van der Waals surface area contributed by atoms with E-state index in [1.54, 1.807) is 21.3 Å². The second-order valence-electron chi connectivity index (χ2n) is 9.24.